The summed E-state index contributed by atoms with van der Waals surface area (Å²) in [6.45, 7) is 4.10. The highest BCUT2D eigenvalue weighted by Crippen LogP contribution is 2.17. The molecule has 0 aliphatic heterocycles. The third-order valence-corrected chi connectivity index (χ3v) is 3.19. The predicted molar refractivity (Wildman–Crippen MR) is 84.0 cm³/mol. The molecule has 0 unspecified atom stereocenters. The third-order valence-electron chi connectivity index (χ3n) is 3.19. The van der Waals surface area contributed by atoms with Gasteiger partial charge in [-0.3, -0.25) is 9.78 Å². The van der Waals surface area contributed by atoms with Crippen molar-refractivity contribution < 1.29 is 4.79 Å². The monoisotopic (exact) mass is 279 g/mol. The summed E-state index contributed by atoms with van der Waals surface area (Å²) in [4.78, 5) is 16.4. The van der Waals surface area contributed by atoms with Gasteiger partial charge in [-0.1, -0.05) is 17.9 Å². The topological polar surface area (TPSA) is 68.0 Å². The molecule has 0 bridgehead atoms. The van der Waals surface area contributed by atoms with Gasteiger partial charge in [-0.25, -0.2) is 0 Å². The smallest absolute Gasteiger partial charge is 0.256 e. The maximum atomic E-state index is 12.4. The van der Waals surface area contributed by atoms with Gasteiger partial charge in [-0.15, -0.1) is 0 Å². The Hall–Kier alpha value is -2.64. The van der Waals surface area contributed by atoms with E-state index in [1.54, 1.807) is 18.5 Å². The van der Waals surface area contributed by atoms with Gasteiger partial charge in [-0.05, 0) is 43.2 Å². The first-order chi connectivity index (χ1) is 10.1. The van der Waals surface area contributed by atoms with Crippen LogP contribution in [0.15, 0.2) is 36.7 Å². The standard InChI is InChI=1S/C17H17N3O/c1-12-8-10-19-11-16(12)20-17(21)15-7-3-5-14(13(15)2)6-4-9-18/h3,5,7-8,10-11H,9,18H2,1-2H3,(H,20,21). The fourth-order valence-corrected chi connectivity index (χ4v) is 1.95. The SMILES string of the molecule is Cc1ccncc1NC(=O)c1cccc(C#CCN)c1C. The highest BCUT2D eigenvalue weighted by atomic mass is 16.1. The van der Waals surface area contributed by atoms with E-state index in [0.29, 0.717) is 17.8 Å². The van der Waals surface area contributed by atoms with Crippen LogP contribution in [0.5, 0.6) is 0 Å². The molecule has 1 aromatic heterocycles. The minimum absolute atomic E-state index is 0.167. The number of rotatable bonds is 2. The zero-order valence-electron chi connectivity index (χ0n) is 12.1. The average Bonchev–Trinajstić information content (AvgIpc) is 2.48. The van der Waals surface area contributed by atoms with Gasteiger partial charge in [0.2, 0.25) is 0 Å². The van der Waals surface area contributed by atoms with E-state index in [4.69, 9.17) is 5.73 Å². The molecule has 21 heavy (non-hydrogen) atoms. The molecule has 106 valence electrons. The number of hydrogen-bond donors (Lipinski definition) is 2. The molecule has 2 aromatic rings. The number of nitrogens with two attached hydrogens (primary N) is 1. The first-order valence-corrected chi connectivity index (χ1v) is 6.64. The number of aryl methyl sites for hydroxylation is 1. The molecule has 4 nitrogen and oxygen atoms in total. The van der Waals surface area contributed by atoms with Gasteiger partial charge in [0.25, 0.3) is 5.91 Å². The van der Waals surface area contributed by atoms with Crippen LogP contribution in [0, 0.1) is 25.7 Å². The van der Waals surface area contributed by atoms with Crippen LogP contribution in [0.4, 0.5) is 5.69 Å². The lowest BCUT2D eigenvalue weighted by Crippen LogP contribution is -2.14. The van der Waals surface area contributed by atoms with Gasteiger partial charge in [0.05, 0.1) is 18.4 Å². The largest absolute Gasteiger partial charge is 0.320 e. The fourth-order valence-electron chi connectivity index (χ4n) is 1.95. The summed E-state index contributed by atoms with van der Waals surface area (Å²) in [5.41, 5.74) is 9.32. The van der Waals surface area contributed by atoms with Gasteiger partial charge in [0.15, 0.2) is 0 Å². The van der Waals surface area contributed by atoms with Crippen molar-refractivity contribution in [2.75, 3.05) is 11.9 Å². The maximum absolute atomic E-state index is 12.4. The van der Waals surface area contributed by atoms with Crippen molar-refractivity contribution in [3.8, 4) is 11.8 Å². The van der Waals surface area contributed by atoms with Crippen LogP contribution in [0.1, 0.15) is 27.0 Å². The summed E-state index contributed by atoms with van der Waals surface area (Å²) in [6.07, 6.45) is 3.33. The molecule has 0 aliphatic carbocycles. The number of amides is 1. The summed E-state index contributed by atoms with van der Waals surface area (Å²) in [5.74, 6) is 5.62. The van der Waals surface area contributed by atoms with Gasteiger partial charge in [-0.2, -0.15) is 0 Å². The quantitative estimate of drug-likeness (QED) is 0.829. The van der Waals surface area contributed by atoms with Gasteiger partial charge < -0.3 is 11.1 Å². The average molecular weight is 279 g/mol. The Labute approximate surface area is 124 Å². The number of hydrogen-bond acceptors (Lipinski definition) is 3. The number of anilines is 1. The lowest BCUT2D eigenvalue weighted by atomic mass is 10.0. The molecule has 0 aliphatic rings. The Kier molecular flexibility index (Phi) is 4.70. The Morgan fingerprint density at radius 1 is 1.33 bits per heavy atom. The molecule has 0 saturated heterocycles. The predicted octanol–water partition coefficient (Wildman–Crippen LogP) is 2.26. The van der Waals surface area contributed by atoms with Crippen molar-refractivity contribution in [2.24, 2.45) is 5.73 Å². The molecule has 4 heteroatoms. The Morgan fingerprint density at radius 2 is 2.14 bits per heavy atom. The van der Waals surface area contributed by atoms with Crippen LogP contribution >= 0.6 is 0 Å². The molecule has 0 saturated carbocycles. The number of benzene rings is 1. The number of pyridine rings is 1. The molecular weight excluding hydrogens is 262 g/mol. The van der Waals surface area contributed by atoms with E-state index in [0.717, 1.165) is 16.7 Å². The molecule has 3 N–H and O–H groups in total. The van der Waals surface area contributed by atoms with Crippen molar-refractivity contribution in [2.45, 2.75) is 13.8 Å². The van der Waals surface area contributed by atoms with Crippen LogP contribution in [-0.2, 0) is 0 Å². The second-order valence-electron chi connectivity index (χ2n) is 4.63. The van der Waals surface area contributed by atoms with Gasteiger partial charge in [0, 0.05) is 17.3 Å². The molecule has 0 fully saturated rings. The van der Waals surface area contributed by atoms with E-state index in [1.165, 1.54) is 0 Å². The molecule has 0 atom stereocenters. The van der Waals surface area contributed by atoms with E-state index >= 15 is 0 Å². The molecule has 1 heterocycles. The van der Waals surface area contributed by atoms with Gasteiger partial charge in [0.1, 0.15) is 0 Å². The van der Waals surface area contributed by atoms with Crippen molar-refractivity contribution in [1.29, 1.82) is 0 Å². The maximum Gasteiger partial charge on any atom is 0.256 e. The van der Waals surface area contributed by atoms with Crippen LogP contribution in [0.2, 0.25) is 0 Å². The zero-order valence-corrected chi connectivity index (χ0v) is 12.1. The van der Waals surface area contributed by atoms with Crippen molar-refractivity contribution in [3.63, 3.8) is 0 Å². The number of carbonyl (C=O) groups excluding carboxylic acids is 1. The second kappa shape index (κ2) is 6.69. The van der Waals surface area contributed by atoms with Crippen molar-refractivity contribution >= 4 is 11.6 Å². The lowest BCUT2D eigenvalue weighted by Gasteiger charge is -2.10. The van der Waals surface area contributed by atoms with Crippen LogP contribution in [0.3, 0.4) is 0 Å². The Bertz CT molecular complexity index is 726. The summed E-state index contributed by atoms with van der Waals surface area (Å²) in [7, 11) is 0. The van der Waals surface area contributed by atoms with E-state index in [-0.39, 0.29) is 5.91 Å². The minimum Gasteiger partial charge on any atom is -0.320 e. The van der Waals surface area contributed by atoms with Crippen LogP contribution in [0.25, 0.3) is 0 Å². The normalized spacial score (nSPS) is 9.67. The van der Waals surface area contributed by atoms with Crippen LogP contribution < -0.4 is 11.1 Å². The molecule has 1 aromatic carbocycles. The zero-order chi connectivity index (χ0) is 15.2. The number of nitrogens with zero attached hydrogens (tertiary/aromatic N) is 1. The second-order valence-corrected chi connectivity index (χ2v) is 4.63. The first-order valence-electron chi connectivity index (χ1n) is 6.64. The summed E-state index contributed by atoms with van der Waals surface area (Å²) < 4.78 is 0. The lowest BCUT2D eigenvalue weighted by molar-refractivity contribution is 0.102. The molecule has 0 radical (unpaired) electrons. The van der Waals surface area contributed by atoms with Crippen LogP contribution in [-0.4, -0.2) is 17.4 Å². The number of nitrogens with one attached hydrogen (secondary N) is 1. The summed E-state index contributed by atoms with van der Waals surface area (Å²) >= 11 is 0. The fraction of sp³-hybridized carbons (Fsp3) is 0.176. The van der Waals surface area contributed by atoms with E-state index in [1.807, 2.05) is 32.0 Å². The molecular formula is C17H17N3O. The Morgan fingerprint density at radius 3 is 2.86 bits per heavy atom. The first kappa shape index (κ1) is 14.8. The van der Waals surface area contributed by atoms with Crippen molar-refractivity contribution in [1.82, 2.24) is 4.98 Å². The highest BCUT2D eigenvalue weighted by molar-refractivity contribution is 6.05. The summed E-state index contributed by atoms with van der Waals surface area (Å²) in [5, 5.41) is 2.88. The highest BCUT2D eigenvalue weighted by Gasteiger charge is 2.12. The van der Waals surface area contributed by atoms with Crippen molar-refractivity contribution in [3.05, 3.63) is 58.9 Å². The van der Waals surface area contributed by atoms with Gasteiger partial charge >= 0.3 is 0 Å². The molecule has 0 spiro atoms. The Balaban J connectivity index is 2.30. The minimum atomic E-state index is -0.167. The number of aromatic nitrogens is 1. The third kappa shape index (κ3) is 3.47. The molecule has 2 rings (SSSR count). The van der Waals surface area contributed by atoms with E-state index in [2.05, 4.69) is 22.1 Å². The molecule has 1 amide bonds. The van der Waals surface area contributed by atoms with E-state index < -0.39 is 0 Å². The van der Waals surface area contributed by atoms with E-state index in [9.17, 15) is 4.79 Å². The number of carbonyl (C=O) groups is 1. The summed E-state index contributed by atoms with van der Waals surface area (Å²) in [6, 6.07) is 7.33.